The van der Waals surface area contributed by atoms with E-state index in [0.717, 1.165) is 10.9 Å². The van der Waals surface area contributed by atoms with Crippen LogP contribution in [-0.2, 0) is 7.05 Å². The van der Waals surface area contributed by atoms with Crippen LogP contribution in [0.2, 0.25) is 0 Å². The van der Waals surface area contributed by atoms with Crippen LogP contribution in [0.5, 0.6) is 0 Å². The van der Waals surface area contributed by atoms with Crippen LogP contribution in [0, 0.1) is 0 Å². The van der Waals surface area contributed by atoms with Crippen LogP contribution < -0.4 is 11.1 Å². The van der Waals surface area contributed by atoms with Crippen LogP contribution in [0.4, 0.5) is 5.69 Å². The predicted molar refractivity (Wildman–Crippen MR) is 85.8 cm³/mol. The molecule has 110 valence electrons. The maximum Gasteiger partial charge on any atom is 0.272 e. The Morgan fingerprint density at radius 3 is 2.55 bits per heavy atom. The van der Waals surface area contributed by atoms with E-state index in [1.54, 1.807) is 24.3 Å². The lowest BCUT2D eigenvalue weighted by atomic mass is 10.2. The lowest BCUT2D eigenvalue weighted by Crippen LogP contribution is -2.16. The van der Waals surface area contributed by atoms with Crippen molar-refractivity contribution in [3.05, 3.63) is 65.9 Å². The van der Waals surface area contributed by atoms with Crippen molar-refractivity contribution in [3.63, 3.8) is 0 Å². The van der Waals surface area contributed by atoms with Crippen LogP contribution in [-0.4, -0.2) is 16.4 Å². The third kappa shape index (κ3) is 2.44. The molecular weight excluding hydrogens is 278 g/mol. The molecule has 0 saturated carbocycles. The number of carbonyl (C=O) groups excluding carboxylic acids is 2. The maximum absolute atomic E-state index is 12.4. The largest absolute Gasteiger partial charge is 0.366 e. The van der Waals surface area contributed by atoms with Crippen molar-refractivity contribution in [2.45, 2.75) is 0 Å². The van der Waals surface area contributed by atoms with Crippen molar-refractivity contribution < 1.29 is 9.59 Å². The summed E-state index contributed by atoms with van der Waals surface area (Å²) in [6, 6.07) is 16.2. The third-order valence-electron chi connectivity index (χ3n) is 3.59. The lowest BCUT2D eigenvalue weighted by molar-refractivity contribution is 0.0995. The van der Waals surface area contributed by atoms with Gasteiger partial charge in [0.15, 0.2) is 0 Å². The van der Waals surface area contributed by atoms with Gasteiger partial charge in [0.05, 0.1) is 0 Å². The number of fused-ring (bicyclic) bond motifs is 1. The Morgan fingerprint density at radius 1 is 1.05 bits per heavy atom. The highest BCUT2D eigenvalue weighted by atomic mass is 16.2. The molecule has 3 N–H and O–H groups in total. The van der Waals surface area contributed by atoms with Gasteiger partial charge in [-0.25, -0.2) is 0 Å². The SMILES string of the molecule is Cn1c(C(=O)Nc2cccc(C(N)=O)c2)cc2ccccc21. The van der Waals surface area contributed by atoms with Crippen molar-refractivity contribution in [2.24, 2.45) is 12.8 Å². The molecule has 0 radical (unpaired) electrons. The van der Waals surface area contributed by atoms with E-state index in [9.17, 15) is 9.59 Å². The van der Waals surface area contributed by atoms with E-state index in [0.29, 0.717) is 16.9 Å². The molecule has 0 spiro atoms. The molecule has 0 atom stereocenters. The molecule has 5 heteroatoms. The summed E-state index contributed by atoms with van der Waals surface area (Å²) in [5, 5.41) is 3.79. The quantitative estimate of drug-likeness (QED) is 0.778. The number of rotatable bonds is 3. The number of nitrogens with zero attached hydrogens (tertiary/aromatic N) is 1. The van der Waals surface area contributed by atoms with E-state index in [2.05, 4.69) is 5.32 Å². The molecule has 1 heterocycles. The Balaban J connectivity index is 1.92. The van der Waals surface area contributed by atoms with Crippen molar-refractivity contribution >= 4 is 28.4 Å². The van der Waals surface area contributed by atoms with E-state index < -0.39 is 5.91 Å². The Hall–Kier alpha value is -3.08. The number of amides is 2. The third-order valence-corrected chi connectivity index (χ3v) is 3.59. The average molecular weight is 293 g/mol. The molecule has 0 aliphatic rings. The van der Waals surface area contributed by atoms with Gasteiger partial charge in [-0.15, -0.1) is 0 Å². The van der Waals surface area contributed by atoms with Gasteiger partial charge in [-0.05, 0) is 30.3 Å². The van der Waals surface area contributed by atoms with E-state index in [-0.39, 0.29) is 5.91 Å². The minimum Gasteiger partial charge on any atom is -0.366 e. The fourth-order valence-corrected chi connectivity index (χ4v) is 2.45. The summed E-state index contributed by atoms with van der Waals surface area (Å²) in [6.07, 6.45) is 0. The molecule has 2 amide bonds. The van der Waals surface area contributed by atoms with E-state index in [1.807, 2.05) is 41.9 Å². The Kier molecular flexibility index (Phi) is 3.39. The van der Waals surface area contributed by atoms with E-state index in [1.165, 1.54) is 0 Å². The number of anilines is 1. The summed E-state index contributed by atoms with van der Waals surface area (Å²) in [5.41, 5.74) is 7.67. The fraction of sp³-hybridized carbons (Fsp3) is 0.0588. The summed E-state index contributed by atoms with van der Waals surface area (Å²) in [4.78, 5) is 23.6. The predicted octanol–water partition coefficient (Wildman–Crippen LogP) is 2.53. The molecule has 0 saturated heterocycles. The topological polar surface area (TPSA) is 77.1 Å². The number of hydrogen-bond donors (Lipinski definition) is 2. The zero-order valence-electron chi connectivity index (χ0n) is 12.0. The second-order valence-electron chi connectivity index (χ2n) is 5.05. The fourth-order valence-electron chi connectivity index (χ4n) is 2.45. The van der Waals surface area contributed by atoms with Gasteiger partial charge in [-0.2, -0.15) is 0 Å². The Morgan fingerprint density at radius 2 is 1.82 bits per heavy atom. The van der Waals surface area contributed by atoms with E-state index in [4.69, 9.17) is 5.73 Å². The van der Waals surface area contributed by atoms with Crippen molar-refractivity contribution in [1.29, 1.82) is 0 Å². The number of nitrogens with one attached hydrogen (secondary N) is 1. The number of benzene rings is 2. The van der Waals surface area contributed by atoms with Gasteiger partial charge < -0.3 is 15.6 Å². The summed E-state index contributed by atoms with van der Waals surface area (Å²) in [6.45, 7) is 0. The van der Waals surface area contributed by atoms with Gasteiger partial charge in [0, 0.05) is 29.2 Å². The van der Waals surface area contributed by atoms with Crippen LogP contribution in [0.15, 0.2) is 54.6 Å². The lowest BCUT2D eigenvalue weighted by Gasteiger charge is -2.07. The summed E-state index contributed by atoms with van der Waals surface area (Å²) in [7, 11) is 1.84. The van der Waals surface area contributed by atoms with Crippen molar-refractivity contribution in [2.75, 3.05) is 5.32 Å². The van der Waals surface area contributed by atoms with E-state index >= 15 is 0 Å². The molecule has 1 aromatic heterocycles. The number of primary amides is 1. The number of aromatic nitrogens is 1. The molecule has 0 bridgehead atoms. The molecule has 2 aromatic carbocycles. The minimum absolute atomic E-state index is 0.236. The zero-order chi connectivity index (χ0) is 15.7. The number of nitrogens with two attached hydrogens (primary N) is 1. The van der Waals surface area contributed by atoms with Crippen LogP contribution in [0.1, 0.15) is 20.8 Å². The molecule has 0 fully saturated rings. The molecule has 3 rings (SSSR count). The molecule has 3 aromatic rings. The smallest absolute Gasteiger partial charge is 0.272 e. The highest BCUT2D eigenvalue weighted by Crippen LogP contribution is 2.19. The first-order valence-corrected chi connectivity index (χ1v) is 6.82. The molecule has 0 unspecified atom stereocenters. The van der Waals surface area contributed by atoms with Gasteiger partial charge >= 0.3 is 0 Å². The second-order valence-corrected chi connectivity index (χ2v) is 5.05. The molecule has 22 heavy (non-hydrogen) atoms. The Labute approximate surface area is 127 Å². The maximum atomic E-state index is 12.4. The summed E-state index contributed by atoms with van der Waals surface area (Å²) in [5.74, 6) is -0.763. The van der Waals surface area contributed by atoms with Crippen LogP contribution >= 0.6 is 0 Å². The standard InChI is InChI=1S/C17H15N3O2/c1-20-14-8-3-2-5-11(14)10-15(20)17(22)19-13-7-4-6-12(9-13)16(18)21/h2-10H,1H3,(H2,18,21)(H,19,22). The summed E-state index contributed by atoms with van der Waals surface area (Å²) < 4.78 is 1.84. The van der Waals surface area contributed by atoms with Gasteiger partial charge in [0.2, 0.25) is 5.91 Å². The number of carbonyl (C=O) groups is 2. The first kappa shape index (κ1) is 13.9. The van der Waals surface area contributed by atoms with Gasteiger partial charge in [-0.1, -0.05) is 24.3 Å². The molecule has 0 aliphatic heterocycles. The monoisotopic (exact) mass is 293 g/mol. The van der Waals surface area contributed by atoms with Crippen LogP contribution in [0.25, 0.3) is 10.9 Å². The average Bonchev–Trinajstić information content (AvgIpc) is 2.85. The van der Waals surface area contributed by atoms with Crippen LogP contribution in [0.3, 0.4) is 0 Å². The molecule has 0 aliphatic carbocycles. The zero-order valence-corrected chi connectivity index (χ0v) is 12.0. The second kappa shape index (κ2) is 5.37. The van der Waals surface area contributed by atoms with Gasteiger partial charge in [0.1, 0.15) is 5.69 Å². The first-order valence-electron chi connectivity index (χ1n) is 6.82. The number of para-hydroxylation sites is 1. The molecular formula is C17H15N3O2. The minimum atomic E-state index is -0.527. The first-order chi connectivity index (χ1) is 10.6. The molecule has 5 nitrogen and oxygen atoms in total. The van der Waals surface area contributed by atoms with Crippen molar-refractivity contribution in [3.8, 4) is 0 Å². The normalized spacial score (nSPS) is 10.6. The highest BCUT2D eigenvalue weighted by molar-refractivity contribution is 6.07. The number of hydrogen-bond acceptors (Lipinski definition) is 2. The summed E-state index contributed by atoms with van der Waals surface area (Å²) >= 11 is 0. The van der Waals surface area contributed by atoms with Gasteiger partial charge in [0.25, 0.3) is 5.91 Å². The van der Waals surface area contributed by atoms with Crippen molar-refractivity contribution in [1.82, 2.24) is 4.57 Å². The highest BCUT2D eigenvalue weighted by Gasteiger charge is 2.13. The van der Waals surface area contributed by atoms with Gasteiger partial charge in [-0.3, -0.25) is 9.59 Å². The Bertz CT molecular complexity index is 880. The number of aryl methyl sites for hydroxylation is 1.